The van der Waals surface area contributed by atoms with Crippen molar-refractivity contribution in [3.8, 4) is 0 Å². The van der Waals surface area contributed by atoms with Gasteiger partial charge in [0.05, 0.1) is 21.9 Å². The number of ketones is 1. The molecule has 2 fully saturated rings. The second-order valence-electron chi connectivity index (χ2n) is 11.7. The van der Waals surface area contributed by atoms with Crippen molar-refractivity contribution in [2.75, 3.05) is 6.54 Å². The maximum atomic E-state index is 14.6. The van der Waals surface area contributed by atoms with Crippen LogP contribution in [0.1, 0.15) is 47.2 Å². The van der Waals surface area contributed by atoms with Crippen molar-refractivity contribution in [3.05, 3.63) is 129 Å². The predicted octanol–water partition coefficient (Wildman–Crippen LogP) is 7.14. The summed E-state index contributed by atoms with van der Waals surface area (Å²) in [5.41, 5.74) is 2.78. The third kappa shape index (κ3) is 5.98. The molecule has 2 saturated heterocycles. The number of aryl methyl sites for hydroxylation is 2. The standard InChI is InChI=1S/C34H32Cl2N2O5S2/c1-22-7-17-28(18-8-22)44(40,41)38-31(25-11-15-27(36)16-12-25)20-33(39)29-21-37(45(42,43)34-6-4-3-5-23(34)2)30(19-32(29)38)24-9-13-26(35)14-10-24/h3-18,29-32H,19-21H2,1-2H3/t29-,30+,31+,32+/m1/s1. The number of benzene rings is 4. The molecule has 0 radical (unpaired) electrons. The van der Waals surface area contributed by atoms with Gasteiger partial charge in [0.15, 0.2) is 0 Å². The van der Waals surface area contributed by atoms with E-state index in [-0.39, 0.29) is 35.0 Å². The highest BCUT2D eigenvalue weighted by Gasteiger charge is 2.54. The Morgan fingerprint density at radius 1 is 0.689 bits per heavy atom. The lowest BCUT2D eigenvalue weighted by Crippen LogP contribution is -2.60. The molecule has 4 aromatic carbocycles. The van der Waals surface area contributed by atoms with Gasteiger partial charge in [0.1, 0.15) is 5.78 Å². The number of sulfonamides is 2. The molecule has 0 amide bonds. The number of piperidine rings is 2. The minimum Gasteiger partial charge on any atom is -0.299 e. The van der Waals surface area contributed by atoms with Crippen LogP contribution in [0, 0.1) is 19.8 Å². The van der Waals surface area contributed by atoms with Gasteiger partial charge in [-0.3, -0.25) is 4.79 Å². The number of rotatable bonds is 6. The molecule has 2 aliphatic rings. The number of halogens is 2. The molecule has 4 aromatic rings. The van der Waals surface area contributed by atoms with E-state index < -0.39 is 44.1 Å². The van der Waals surface area contributed by atoms with Crippen molar-refractivity contribution >= 4 is 49.0 Å². The SMILES string of the molecule is Cc1ccc(S(=O)(=O)N2[C@H](c3ccc(Cl)cc3)CC(=O)[C@@H]3CN(S(=O)(=O)c4ccccc4C)[C@H](c4ccc(Cl)cc4)C[C@@H]32)cc1. The third-order valence-corrected chi connectivity index (χ3v) is 13.4. The number of fused-ring (bicyclic) bond motifs is 1. The van der Waals surface area contributed by atoms with Crippen molar-refractivity contribution in [1.82, 2.24) is 8.61 Å². The van der Waals surface area contributed by atoms with E-state index in [0.717, 1.165) is 5.56 Å². The Bertz CT molecular complexity index is 1950. The number of carbonyl (C=O) groups excluding carboxylic acids is 1. The molecule has 4 atom stereocenters. The zero-order valence-electron chi connectivity index (χ0n) is 24.7. The molecule has 234 valence electrons. The molecule has 2 heterocycles. The number of Topliss-reactive ketones (excluding diaryl/α,β-unsaturated/α-hetero) is 1. The lowest BCUT2D eigenvalue weighted by molar-refractivity contribution is -0.132. The van der Waals surface area contributed by atoms with Crippen molar-refractivity contribution in [1.29, 1.82) is 0 Å². The second kappa shape index (κ2) is 12.3. The molecular weight excluding hydrogens is 651 g/mol. The minimum absolute atomic E-state index is 0.0678. The van der Waals surface area contributed by atoms with Gasteiger partial charge in [0.25, 0.3) is 0 Å². The highest BCUT2D eigenvalue weighted by molar-refractivity contribution is 7.89. The quantitative estimate of drug-likeness (QED) is 0.216. The summed E-state index contributed by atoms with van der Waals surface area (Å²) in [6, 6.07) is 24.7. The first-order valence-corrected chi connectivity index (χ1v) is 18.2. The van der Waals surface area contributed by atoms with E-state index in [2.05, 4.69) is 0 Å². The molecular formula is C34H32Cl2N2O5S2. The summed E-state index contributed by atoms with van der Waals surface area (Å²) in [6.07, 6.45) is -0.0317. The van der Waals surface area contributed by atoms with Crippen LogP contribution < -0.4 is 0 Å². The molecule has 0 unspecified atom stereocenters. The molecule has 7 nitrogen and oxygen atoms in total. The fourth-order valence-corrected chi connectivity index (χ4v) is 10.5. The molecule has 45 heavy (non-hydrogen) atoms. The van der Waals surface area contributed by atoms with Crippen LogP contribution in [-0.2, 0) is 24.8 Å². The molecule has 11 heteroatoms. The van der Waals surface area contributed by atoms with E-state index in [9.17, 15) is 21.6 Å². The number of nitrogens with zero attached hydrogens (tertiary/aromatic N) is 2. The molecule has 0 aromatic heterocycles. The molecule has 0 N–H and O–H groups in total. The Labute approximate surface area is 274 Å². The zero-order chi connectivity index (χ0) is 32.1. The highest BCUT2D eigenvalue weighted by atomic mass is 35.5. The summed E-state index contributed by atoms with van der Waals surface area (Å²) in [7, 11) is -8.23. The van der Waals surface area contributed by atoms with Gasteiger partial charge in [0.2, 0.25) is 20.0 Å². The van der Waals surface area contributed by atoms with Crippen LogP contribution in [0.25, 0.3) is 0 Å². The topological polar surface area (TPSA) is 91.8 Å². The van der Waals surface area contributed by atoms with E-state index in [1.807, 2.05) is 6.92 Å². The van der Waals surface area contributed by atoms with Crippen LogP contribution in [0.4, 0.5) is 0 Å². The van der Waals surface area contributed by atoms with Crippen LogP contribution in [-0.4, -0.2) is 43.8 Å². The largest absolute Gasteiger partial charge is 0.299 e. The van der Waals surface area contributed by atoms with Gasteiger partial charge in [0, 0.05) is 35.0 Å². The maximum absolute atomic E-state index is 14.6. The van der Waals surface area contributed by atoms with Crippen LogP contribution in [0.3, 0.4) is 0 Å². The molecule has 0 bridgehead atoms. The maximum Gasteiger partial charge on any atom is 0.243 e. The Kier molecular flexibility index (Phi) is 8.71. The van der Waals surface area contributed by atoms with E-state index in [1.165, 1.54) is 8.61 Å². The Morgan fingerprint density at radius 3 is 1.82 bits per heavy atom. The molecule has 2 aliphatic heterocycles. The molecule has 0 spiro atoms. The van der Waals surface area contributed by atoms with Gasteiger partial charge in [-0.05, 0) is 79.4 Å². The van der Waals surface area contributed by atoms with Crippen LogP contribution >= 0.6 is 23.2 Å². The summed E-state index contributed by atoms with van der Waals surface area (Å²) in [5.74, 6) is -1.06. The van der Waals surface area contributed by atoms with Crippen LogP contribution in [0.2, 0.25) is 10.0 Å². The van der Waals surface area contributed by atoms with E-state index >= 15 is 0 Å². The molecule has 0 aliphatic carbocycles. The second-order valence-corrected chi connectivity index (χ2v) is 16.3. The van der Waals surface area contributed by atoms with Gasteiger partial charge < -0.3 is 0 Å². The van der Waals surface area contributed by atoms with Crippen molar-refractivity contribution in [3.63, 3.8) is 0 Å². The normalized spacial score (nSPS) is 23.1. The van der Waals surface area contributed by atoms with Crippen LogP contribution in [0.15, 0.2) is 107 Å². The van der Waals surface area contributed by atoms with Gasteiger partial charge in [-0.25, -0.2) is 16.8 Å². The summed E-state index contributed by atoms with van der Waals surface area (Å²) in [4.78, 5) is 14.3. The summed E-state index contributed by atoms with van der Waals surface area (Å²) in [5, 5.41) is 0.976. The lowest BCUT2D eigenvalue weighted by Gasteiger charge is -2.51. The van der Waals surface area contributed by atoms with Crippen molar-refractivity contribution < 1.29 is 21.6 Å². The van der Waals surface area contributed by atoms with Crippen molar-refractivity contribution in [2.45, 2.75) is 54.6 Å². The van der Waals surface area contributed by atoms with E-state index in [0.29, 0.717) is 26.7 Å². The first-order valence-electron chi connectivity index (χ1n) is 14.6. The number of hydrogen-bond acceptors (Lipinski definition) is 5. The third-order valence-electron chi connectivity index (χ3n) is 8.88. The van der Waals surface area contributed by atoms with Gasteiger partial charge in [-0.1, -0.05) is 83.4 Å². The fraction of sp³-hybridized carbons (Fsp3) is 0.265. The van der Waals surface area contributed by atoms with Crippen LogP contribution in [0.5, 0.6) is 0 Å². The Hall–Kier alpha value is -3.05. The van der Waals surface area contributed by atoms with Gasteiger partial charge in [-0.15, -0.1) is 0 Å². The average molecular weight is 684 g/mol. The fourth-order valence-electron chi connectivity index (χ4n) is 6.57. The van der Waals surface area contributed by atoms with E-state index in [1.54, 1.807) is 104 Å². The van der Waals surface area contributed by atoms with Gasteiger partial charge >= 0.3 is 0 Å². The number of carbonyl (C=O) groups is 1. The monoisotopic (exact) mass is 682 g/mol. The summed E-state index contributed by atoms with van der Waals surface area (Å²) in [6.45, 7) is 3.44. The van der Waals surface area contributed by atoms with Gasteiger partial charge in [-0.2, -0.15) is 8.61 Å². The highest BCUT2D eigenvalue weighted by Crippen LogP contribution is 2.48. The average Bonchev–Trinajstić information content (AvgIpc) is 3.01. The Morgan fingerprint density at radius 2 is 1.24 bits per heavy atom. The Balaban J connectivity index is 1.52. The predicted molar refractivity (Wildman–Crippen MR) is 175 cm³/mol. The molecule has 6 rings (SSSR count). The number of hydrogen-bond donors (Lipinski definition) is 0. The summed E-state index contributed by atoms with van der Waals surface area (Å²) >= 11 is 12.4. The lowest BCUT2D eigenvalue weighted by atomic mass is 9.77. The molecule has 0 saturated carbocycles. The first kappa shape index (κ1) is 31.9. The first-order chi connectivity index (χ1) is 21.4. The van der Waals surface area contributed by atoms with Crippen molar-refractivity contribution in [2.24, 2.45) is 5.92 Å². The van der Waals surface area contributed by atoms with E-state index in [4.69, 9.17) is 23.2 Å². The summed E-state index contributed by atoms with van der Waals surface area (Å²) < 4.78 is 60.7. The minimum atomic E-state index is -4.15. The zero-order valence-corrected chi connectivity index (χ0v) is 27.8. The smallest absolute Gasteiger partial charge is 0.243 e.